The van der Waals surface area contributed by atoms with Crippen LogP contribution in [0.15, 0.2) is 35.2 Å². The lowest BCUT2D eigenvalue weighted by molar-refractivity contribution is -0.117. The van der Waals surface area contributed by atoms with Crippen LogP contribution >= 0.6 is 23.1 Å². The highest BCUT2D eigenvalue weighted by molar-refractivity contribution is 8.00. The van der Waals surface area contributed by atoms with Crippen LogP contribution in [0.3, 0.4) is 0 Å². The third-order valence-corrected chi connectivity index (χ3v) is 4.57. The molecule has 1 amide bonds. The van der Waals surface area contributed by atoms with E-state index in [2.05, 4.69) is 16.9 Å². The molecule has 1 unspecified atom stereocenters. The molecule has 0 saturated heterocycles. The van der Waals surface area contributed by atoms with Gasteiger partial charge in [-0.25, -0.2) is 4.98 Å². The van der Waals surface area contributed by atoms with Gasteiger partial charge in [-0.2, -0.15) is 0 Å². The van der Waals surface area contributed by atoms with E-state index in [1.165, 1.54) is 0 Å². The van der Waals surface area contributed by atoms with Gasteiger partial charge in [-0.1, -0.05) is 17.8 Å². The van der Waals surface area contributed by atoms with E-state index in [4.69, 9.17) is 5.73 Å². The first kappa shape index (κ1) is 14.0. The Balaban J connectivity index is 2.16. The normalized spacial score (nSPS) is 12.3. The maximum absolute atomic E-state index is 11.8. The monoisotopic (exact) mass is 293 g/mol. The van der Waals surface area contributed by atoms with E-state index in [0.717, 1.165) is 20.2 Å². The molecule has 3 N–H and O–H groups in total. The largest absolute Gasteiger partial charge is 0.325 e. The fraction of sp³-hybridized carbons (Fsp3) is 0.231. The average Bonchev–Trinajstić information content (AvgIpc) is 2.81. The standard InChI is InChI=1S/C13H15N3OS2/c1-3-4-9(14)12(17)15-8-5-6-10-11(7-8)19-13(16-10)18-2/h3,5-7,9H,1,4,14H2,2H3,(H,15,17). The maximum atomic E-state index is 11.8. The number of hydrogen-bond acceptors (Lipinski definition) is 5. The van der Waals surface area contributed by atoms with E-state index in [1.807, 2.05) is 24.5 Å². The zero-order chi connectivity index (χ0) is 13.8. The number of thioether (sulfide) groups is 1. The number of hydrogen-bond donors (Lipinski definition) is 2. The van der Waals surface area contributed by atoms with Crippen molar-refractivity contribution in [3.05, 3.63) is 30.9 Å². The van der Waals surface area contributed by atoms with Gasteiger partial charge in [0.25, 0.3) is 0 Å². The molecule has 0 radical (unpaired) electrons. The second kappa shape index (κ2) is 6.18. The average molecular weight is 293 g/mol. The van der Waals surface area contributed by atoms with Gasteiger partial charge in [-0.05, 0) is 30.9 Å². The minimum Gasteiger partial charge on any atom is -0.325 e. The Morgan fingerprint density at radius 2 is 2.47 bits per heavy atom. The Hall–Kier alpha value is -1.37. The molecule has 4 nitrogen and oxygen atoms in total. The number of rotatable bonds is 5. The molecular weight excluding hydrogens is 278 g/mol. The van der Waals surface area contributed by atoms with Gasteiger partial charge in [0.1, 0.15) is 0 Å². The second-order valence-electron chi connectivity index (χ2n) is 3.99. The number of fused-ring (bicyclic) bond motifs is 1. The first-order chi connectivity index (χ1) is 9.13. The van der Waals surface area contributed by atoms with Crippen LogP contribution in [-0.4, -0.2) is 23.2 Å². The van der Waals surface area contributed by atoms with E-state index in [1.54, 1.807) is 29.2 Å². The SMILES string of the molecule is C=CCC(N)C(=O)Nc1ccc2nc(SC)sc2c1. The van der Waals surface area contributed by atoms with Crippen molar-refractivity contribution in [3.8, 4) is 0 Å². The van der Waals surface area contributed by atoms with Gasteiger partial charge in [0.2, 0.25) is 5.91 Å². The van der Waals surface area contributed by atoms with Gasteiger partial charge in [-0.15, -0.1) is 17.9 Å². The lowest BCUT2D eigenvalue weighted by Gasteiger charge is -2.10. The van der Waals surface area contributed by atoms with Crippen LogP contribution < -0.4 is 11.1 Å². The van der Waals surface area contributed by atoms with Crippen LogP contribution in [0.1, 0.15) is 6.42 Å². The summed E-state index contributed by atoms with van der Waals surface area (Å²) in [7, 11) is 0. The number of nitrogens with one attached hydrogen (secondary N) is 1. The summed E-state index contributed by atoms with van der Waals surface area (Å²) in [5.74, 6) is -0.200. The number of aromatic nitrogens is 1. The summed E-state index contributed by atoms with van der Waals surface area (Å²) in [6, 6.07) is 5.10. The molecule has 1 aromatic heterocycles. The quantitative estimate of drug-likeness (QED) is 0.657. The molecule has 19 heavy (non-hydrogen) atoms. The molecule has 100 valence electrons. The summed E-state index contributed by atoms with van der Waals surface area (Å²) < 4.78 is 2.07. The zero-order valence-electron chi connectivity index (χ0n) is 10.6. The molecule has 2 rings (SSSR count). The topological polar surface area (TPSA) is 68.0 Å². The predicted molar refractivity (Wildman–Crippen MR) is 82.8 cm³/mol. The van der Waals surface area contributed by atoms with Crippen LogP contribution in [0.4, 0.5) is 5.69 Å². The first-order valence-corrected chi connectivity index (χ1v) is 7.80. The smallest absolute Gasteiger partial charge is 0.241 e. The van der Waals surface area contributed by atoms with Crippen molar-refractivity contribution in [1.29, 1.82) is 0 Å². The summed E-state index contributed by atoms with van der Waals surface area (Å²) in [5, 5.41) is 2.81. The molecule has 6 heteroatoms. The molecule has 0 aliphatic rings. The van der Waals surface area contributed by atoms with E-state index < -0.39 is 6.04 Å². The van der Waals surface area contributed by atoms with Crippen LogP contribution in [0, 0.1) is 0 Å². The van der Waals surface area contributed by atoms with Gasteiger partial charge in [0, 0.05) is 5.69 Å². The van der Waals surface area contributed by atoms with Crippen molar-refractivity contribution in [2.45, 2.75) is 16.8 Å². The van der Waals surface area contributed by atoms with E-state index >= 15 is 0 Å². The third-order valence-electron chi connectivity index (χ3n) is 2.57. The number of benzene rings is 1. The fourth-order valence-electron chi connectivity index (χ4n) is 1.59. The number of thiazole rings is 1. The third kappa shape index (κ3) is 3.34. The molecule has 1 atom stereocenters. The number of carbonyl (C=O) groups excluding carboxylic acids is 1. The second-order valence-corrected chi connectivity index (χ2v) is 6.07. The summed E-state index contributed by atoms with van der Waals surface area (Å²) in [5.41, 5.74) is 7.41. The first-order valence-electron chi connectivity index (χ1n) is 5.76. The number of anilines is 1. The van der Waals surface area contributed by atoms with E-state index in [0.29, 0.717) is 6.42 Å². The van der Waals surface area contributed by atoms with Gasteiger partial charge < -0.3 is 11.1 Å². The summed E-state index contributed by atoms with van der Waals surface area (Å²) in [6.07, 6.45) is 4.10. The van der Waals surface area contributed by atoms with Crippen LogP contribution in [0.25, 0.3) is 10.2 Å². The Morgan fingerprint density at radius 3 is 3.16 bits per heavy atom. The van der Waals surface area contributed by atoms with E-state index in [-0.39, 0.29) is 5.91 Å². The summed E-state index contributed by atoms with van der Waals surface area (Å²) in [6.45, 7) is 3.57. The zero-order valence-corrected chi connectivity index (χ0v) is 12.2. The Morgan fingerprint density at radius 1 is 1.68 bits per heavy atom. The van der Waals surface area contributed by atoms with Crippen molar-refractivity contribution >= 4 is 44.9 Å². The predicted octanol–water partition coefficient (Wildman–Crippen LogP) is 2.86. The summed E-state index contributed by atoms with van der Waals surface area (Å²) >= 11 is 3.23. The molecule has 0 saturated carbocycles. The van der Waals surface area contributed by atoms with Crippen molar-refractivity contribution in [2.75, 3.05) is 11.6 Å². The molecule has 0 spiro atoms. The Labute approximate surface area is 120 Å². The molecule has 1 aromatic carbocycles. The highest BCUT2D eigenvalue weighted by Gasteiger charge is 2.12. The lowest BCUT2D eigenvalue weighted by atomic mass is 10.2. The van der Waals surface area contributed by atoms with Gasteiger partial charge >= 0.3 is 0 Å². The minimum atomic E-state index is -0.559. The molecule has 1 heterocycles. The maximum Gasteiger partial charge on any atom is 0.241 e. The molecule has 2 aromatic rings. The number of nitrogens with zero attached hydrogens (tertiary/aromatic N) is 1. The van der Waals surface area contributed by atoms with Crippen molar-refractivity contribution in [1.82, 2.24) is 4.98 Å². The molecule has 0 aliphatic heterocycles. The van der Waals surface area contributed by atoms with Crippen LogP contribution in [-0.2, 0) is 4.79 Å². The number of nitrogens with two attached hydrogens (primary N) is 1. The van der Waals surface area contributed by atoms with Gasteiger partial charge in [-0.3, -0.25) is 4.79 Å². The molecular formula is C13H15N3OS2. The highest BCUT2D eigenvalue weighted by Crippen LogP contribution is 2.29. The van der Waals surface area contributed by atoms with Crippen LogP contribution in [0.2, 0.25) is 0 Å². The van der Waals surface area contributed by atoms with Crippen molar-refractivity contribution < 1.29 is 4.79 Å². The number of carbonyl (C=O) groups is 1. The van der Waals surface area contributed by atoms with Crippen LogP contribution in [0.5, 0.6) is 0 Å². The molecule has 0 aliphatic carbocycles. The Kier molecular flexibility index (Phi) is 4.57. The number of amides is 1. The van der Waals surface area contributed by atoms with Crippen molar-refractivity contribution in [2.24, 2.45) is 5.73 Å². The molecule has 0 bridgehead atoms. The lowest BCUT2D eigenvalue weighted by Crippen LogP contribution is -2.34. The Bertz CT molecular complexity index is 609. The van der Waals surface area contributed by atoms with E-state index in [9.17, 15) is 4.79 Å². The fourth-order valence-corrected chi connectivity index (χ4v) is 3.12. The van der Waals surface area contributed by atoms with Gasteiger partial charge in [0.05, 0.1) is 16.3 Å². The van der Waals surface area contributed by atoms with Crippen molar-refractivity contribution in [3.63, 3.8) is 0 Å². The highest BCUT2D eigenvalue weighted by atomic mass is 32.2. The van der Waals surface area contributed by atoms with Gasteiger partial charge in [0.15, 0.2) is 4.34 Å². The minimum absolute atomic E-state index is 0.200. The molecule has 0 fully saturated rings. The summed E-state index contributed by atoms with van der Waals surface area (Å²) in [4.78, 5) is 16.2.